The van der Waals surface area contributed by atoms with Gasteiger partial charge in [0.2, 0.25) is 11.7 Å². The van der Waals surface area contributed by atoms with Crippen LogP contribution in [0.15, 0.2) is 75.0 Å². The fourth-order valence-electron chi connectivity index (χ4n) is 3.28. The van der Waals surface area contributed by atoms with Gasteiger partial charge in [0.05, 0.1) is 6.54 Å². The highest BCUT2D eigenvalue weighted by molar-refractivity contribution is 6.30. The van der Waals surface area contributed by atoms with Gasteiger partial charge < -0.3 is 9.09 Å². The van der Waals surface area contributed by atoms with Gasteiger partial charge in [-0.1, -0.05) is 73.9 Å². The van der Waals surface area contributed by atoms with E-state index in [2.05, 4.69) is 30.9 Å². The molecular formula is C24H23ClN4O3. The maximum absolute atomic E-state index is 12.6. The smallest absolute Gasteiger partial charge is 0.316 e. The number of nitrogens with zero attached hydrogens (tertiary/aromatic N) is 4. The van der Waals surface area contributed by atoms with Crippen LogP contribution in [0.5, 0.6) is 0 Å². The van der Waals surface area contributed by atoms with Crippen molar-refractivity contribution in [3.63, 3.8) is 0 Å². The lowest BCUT2D eigenvalue weighted by Gasteiger charge is -2.18. The van der Waals surface area contributed by atoms with Crippen LogP contribution in [0.2, 0.25) is 5.02 Å². The SMILES string of the molecule is CC(C)(C)c1ccc(-c2noc(Cn3ccn(Cc4ccc(Cl)cc4)c(=O)c3=O)n2)cc1. The maximum atomic E-state index is 12.6. The number of benzene rings is 2. The molecule has 7 nitrogen and oxygen atoms in total. The molecule has 4 aromatic rings. The molecule has 0 aliphatic rings. The van der Waals surface area contributed by atoms with Gasteiger partial charge in [-0.3, -0.25) is 14.2 Å². The summed E-state index contributed by atoms with van der Waals surface area (Å²) in [6.07, 6.45) is 3.11. The maximum Gasteiger partial charge on any atom is 0.316 e. The summed E-state index contributed by atoms with van der Waals surface area (Å²) in [5.41, 5.74) is 1.66. The Labute approximate surface area is 189 Å². The van der Waals surface area contributed by atoms with Crippen LogP contribution < -0.4 is 11.1 Å². The molecule has 8 heteroatoms. The fourth-order valence-corrected chi connectivity index (χ4v) is 3.40. The highest BCUT2D eigenvalue weighted by Crippen LogP contribution is 2.25. The van der Waals surface area contributed by atoms with Crippen LogP contribution in [-0.2, 0) is 18.5 Å². The van der Waals surface area contributed by atoms with E-state index in [1.54, 1.807) is 24.5 Å². The molecule has 0 fully saturated rings. The van der Waals surface area contributed by atoms with Gasteiger partial charge in [-0.05, 0) is 28.7 Å². The summed E-state index contributed by atoms with van der Waals surface area (Å²) in [4.78, 5) is 29.5. The van der Waals surface area contributed by atoms with E-state index in [-0.39, 0.29) is 24.4 Å². The second-order valence-electron chi connectivity index (χ2n) is 8.63. The van der Waals surface area contributed by atoms with E-state index in [0.717, 1.165) is 11.1 Å². The lowest BCUT2D eigenvalue weighted by molar-refractivity contribution is 0.369. The average Bonchev–Trinajstić information content (AvgIpc) is 3.23. The van der Waals surface area contributed by atoms with Crippen molar-refractivity contribution in [3.8, 4) is 11.4 Å². The number of hydrogen-bond acceptors (Lipinski definition) is 5. The first kappa shape index (κ1) is 21.8. The van der Waals surface area contributed by atoms with Crippen molar-refractivity contribution in [1.82, 2.24) is 19.3 Å². The van der Waals surface area contributed by atoms with Crippen LogP contribution in [0.25, 0.3) is 11.4 Å². The number of aromatic nitrogens is 4. The molecule has 0 atom stereocenters. The number of rotatable bonds is 5. The minimum atomic E-state index is -0.657. The van der Waals surface area contributed by atoms with Gasteiger partial charge in [0.25, 0.3) is 0 Å². The summed E-state index contributed by atoms with van der Waals surface area (Å²) in [6.45, 7) is 6.74. The number of halogens is 1. The predicted octanol–water partition coefficient (Wildman–Crippen LogP) is 4.11. The molecule has 2 aromatic carbocycles. The van der Waals surface area contributed by atoms with E-state index in [1.165, 1.54) is 14.7 Å². The van der Waals surface area contributed by atoms with E-state index < -0.39 is 11.1 Å². The van der Waals surface area contributed by atoms with Crippen molar-refractivity contribution in [1.29, 1.82) is 0 Å². The number of hydrogen-bond donors (Lipinski definition) is 0. The van der Waals surface area contributed by atoms with Crippen LogP contribution in [0.4, 0.5) is 0 Å². The molecule has 0 saturated carbocycles. The predicted molar refractivity (Wildman–Crippen MR) is 123 cm³/mol. The Morgan fingerprint density at radius 2 is 1.47 bits per heavy atom. The Kier molecular flexibility index (Phi) is 5.84. The molecule has 0 spiro atoms. The Balaban J connectivity index is 1.52. The standard InChI is InChI=1S/C24H23ClN4O3/c1-24(2,3)18-8-6-17(7-9-18)21-26-20(32-27-21)15-29-13-12-28(22(30)23(29)31)14-16-4-10-19(25)11-5-16/h4-13H,14-15H2,1-3H3. The molecule has 164 valence electrons. The van der Waals surface area contributed by atoms with Crippen molar-refractivity contribution in [2.24, 2.45) is 0 Å². The van der Waals surface area contributed by atoms with Crippen molar-refractivity contribution in [3.05, 3.63) is 104 Å². The van der Waals surface area contributed by atoms with Crippen LogP contribution in [-0.4, -0.2) is 19.3 Å². The summed E-state index contributed by atoms with van der Waals surface area (Å²) in [5.74, 6) is 0.682. The first-order valence-electron chi connectivity index (χ1n) is 10.2. The topological polar surface area (TPSA) is 82.9 Å². The van der Waals surface area contributed by atoms with E-state index in [1.807, 2.05) is 36.4 Å². The van der Waals surface area contributed by atoms with E-state index in [4.69, 9.17) is 16.1 Å². The van der Waals surface area contributed by atoms with Crippen molar-refractivity contribution < 1.29 is 4.52 Å². The zero-order chi connectivity index (χ0) is 22.9. The third-order valence-electron chi connectivity index (χ3n) is 5.18. The van der Waals surface area contributed by atoms with Gasteiger partial charge >= 0.3 is 11.1 Å². The zero-order valence-corrected chi connectivity index (χ0v) is 18.8. The normalized spacial score (nSPS) is 11.6. The molecular weight excluding hydrogens is 428 g/mol. The van der Waals surface area contributed by atoms with Gasteiger partial charge in [-0.2, -0.15) is 4.98 Å². The molecule has 2 aromatic heterocycles. The molecule has 4 rings (SSSR count). The Hall–Kier alpha value is -3.45. The molecule has 0 aliphatic carbocycles. The summed E-state index contributed by atoms with van der Waals surface area (Å²) in [7, 11) is 0. The summed E-state index contributed by atoms with van der Waals surface area (Å²) in [6, 6.07) is 15.1. The van der Waals surface area contributed by atoms with Gasteiger partial charge in [0, 0.05) is 23.0 Å². The van der Waals surface area contributed by atoms with Crippen molar-refractivity contribution in [2.75, 3.05) is 0 Å². The fraction of sp³-hybridized carbons (Fsp3) is 0.250. The van der Waals surface area contributed by atoms with Gasteiger partial charge in [-0.15, -0.1) is 0 Å². The molecule has 0 aliphatic heterocycles. The van der Waals surface area contributed by atoms with Crippen LogP contribution in [0.3, 0.4) is 0 Å². The molecule has 0 saturated heterocycles. The molecule has 0 N–H and O–H groups in total. The van der Waals surface area contributed by atoms with E-state index in [9.17, 15) is 9.59 Å². The first-order chi connectivity index (χ1) is 15.2. The lowest BCUT2D eigenvalue weighted by atomic mass is 9.87. The van der Waals surface area contributed by atoms with E-state index >= 15 is 0 Å². The largest absolute Gasteiger partial charge is 0.337 e. The Bertz CT molecular complexity index is 1340. The minimum absolute atomic E-state index is 0.0168. The van der Waals surface area contributed by atoms with Crippen molar-refractivity contribution >= 4 is 11.6 Å². The quantitative estimate of drug-likeness (QED) is 0.427. The first-order valence-corrected chi connectivity index (χ1v) is 10.6. The van der Waals surface area contributed by atoms with Gasteiger partial charge in [0.1, 0.15) is 6.54 Å². The molecule has 0 unspecified atom stereocenters. The molecule has 0 bridgehead atoms. The second-order valence-corrected chi connectivity index (χ2v) is 9.07. The second kappa shape index (κ2) is 8.59. The van der Waals surface area contributed by atoms with E-state index in [0.29, 0.717) is 10.8 Å². The minimum Gasteiger partial charge on any atom is -0.337 e. The van der Waals surface area contributed by atoms with Crippen LogP contribution >= 0.6 is 11.6 Å². The van der Waals surface area contributed by atoms with Crippen molar-refractivity contribution in [2.45, 2.75) is 39.3 Å². The van der Waals surface area contributed by atoms with Gasteiger partial charge in [0.15, 0.2) is 0 Å². The summed E-state index contributed by atoms with van der Waals surface area (Å²) in [5, 5.41) is 4.62. The molecule has 32 heavy (non-hydrogen) atoms. The highest BCUT2D eigenvalue weighted by Gasteiger charge is 2.15. The lowest BCUT2D eigenvalue weighted by Crippen LogP contribution is -2.40. The molecule has 0 radical (unpaired) electrons. The third kappa shape index (κ3) is 4.73. The third-order valence-corrected chi connectivity index (χ3v) is 5.43. The van der Waals surface area contributed by atoms with Gasteiger partial charge in [-0.25, -0.2) is 0 Å². The Morgan fingerprint density at radius 3 is 2.06 bits per heavy atom. The monoisotopic (exact) mass is 450 g/mol. The summed E-state index contributed by atoms with van der Waals surface area (Å²) < 4.78 is 7.93. The Morgan fingerprint density at radius 1 is 0.875 bits per heavy atom. The molecule has 0 amide bonds. The van der Waals surface area contributed by atoms with Crippen LogP contribution in [0.1, 0.15) is 37.8 Å². The van der Waals surface area contributed by atoms with Crippen LogP contribution in [0, 0.1) is 0 Å². The average molecular weight is 451 g/mol. The molecule has 2 heterocycles. The summed E-state index contributed by atoms with van der Waals surface area (Å²) >= 11 is 5.89. The zero-order valence-electron chi connectivity index (χ0n) is 18.1. The highest BCUT2D eigenvalue weighted by atomic mass is 35.5.